The summed E-state index contributed by atoms with van der Waals surface area (Å²) >= 11 is 0. The maximum absolute atomic E-state index is 13.5. The summed E-state index contributed by atoms with van der Waals surface area (Å²) < 4.78 is 100. The van der Waals surface area contributed by atoms with Crippen molar-refractivity contribution in [3.8, 4) is 0 Å². The predicted molar refractivity (Wildman–Crippen MR) is 79.9 cm³/mol. The molecule has 4 rings (SSSR count). The molecule has 0 aromatic rings. The van der Waals surface area contributed by atoms with Gasteiger partial charge in [0.1, 0.15) is 0 Å². The van der Waals surface area contributed by atoms with Crippen LogP contribution < -0.4 is 29.6 Å². The molecule has 4 aliphatic rings. The summed E-state index contributed by atoms with van der Waals surface area (Å²) in [6, 6.07) is 0. The first-order chi connectivity index (χ1) is 11.3. The third-order valence-electron chi connectivity index (χ3n) is 5.61. The molecule has 146 valence electrons. The standard InChI is InChI=1S/C14H21F3O6S2.Na/c15-12(14(16,17)25(20,21)22)1-2-24(18,19)23-13-6-9-3-10(7-13)5-11(4-9)8-13;/h9-12H,1-8H2,(H,20,21,22);/q;+1/p-1. The zero-order valence-electron chi connectivity index (χ0n) is 14.4. The van der Waals surface area contributed by atoms with E-state index in [4.69, 9.17) is 4.18 Å². The van der Waals surface area contributed by atoms with Gasteiger partial charge in [0.15, 0.2) is 16.3 Å². The van der Waals surface area contributed by atoms with Gasteiger partial charge in [0.05, 0.1) is 11.4 Å². The minimum Gasteiger partial charge on any atom is -0.743 e. The number of alkyl halides is 3. The van der Waals surface area contributed by atoms with E-state index in [2.05, 4.69) is 0 Å². The number of halogens is 3. The van der Waals surface area contributed by atoms with Crippen LogP contribution in [0.2, 0.25) is 0 Å². The molecule has 0 radical (unpaired) electrons. The van der Waals surface area contributed by atoms with Crippen molar-refractivity contribution in [2.24, 2.45) is 17.8 Å². The van der Waals surface area contributed by atoms with Crippen LogP contribution in [0.15, 0.2) is 0 Å². The van der Waals surface area contributed by atoms with E-state index < -0.39 is 49.4 Å². The molecule has 12 heteroatoms. The van der Waals surface area contributed by atoms with E-state index in [0.29, 0.717) is 37.0 Å². The Hall–Kier alpha value is 0.610. The van der Waals surface area contributed by atoms with E-state index in [1.165, 1.54) is 0 Å². The third kappa shape index (κ3) is 4.60. The molecule has 0 aromatic carbocycles. The van der Waals surface area contributed by atoms with E-state index in [9.17, 15) is 34.6 Å². The molecule has 0 saturated heterocycles. The van der Waals surface area contributed by atoms with Crippen molar-refractivity contribution < 1.29 is 68.3 Å². The topological polar surface area (TPSA) is 101 Å². The van der Waals surface area contributed by atoms with Crippen molar-refractivity contribution >= 4 is 20.2 Å². The van der Waals surface area contributed by atoms with Gasteiger partial charge in [0.2, 0.25) is 0 Å². The van der Waals surface area contributed by atoms with Gasteiger partial charge in [-0.1, -0.05) is 0 Å². The molecule has 0 aliphatic heterocycles. The van der Waals surface area contributed by atoms with Crippen LogP contribution in [0.25, 0.3) is 0 Å². The van der Waals surface area contributed by atoms with Crippen LogP contribution in [0.1, 0.15) is 44.9 Å². The molecule has 26 heavy (non-hydrogen) atoms. The Bertz CT molecular complexity index is 704. The minimum atomic E-state index is -6.21. The number of rotatable bonds is 7. The molecule has 0 heterocycles. The van der Waals surface area contributed by atoms with Crippen LogP contribution in [-0.4, -0.2) is 44.2 Å². The molecule has 4 bridgehead atoms. The monoisotopic (exact) mass is 428 g/mol. The van der Waals surface area contributed by atoms with E-state index >= 15 is 0 Å². The maximum Gasteiger partial charge on any atom is 1.00 e. The number of hydrogen-bond acceptors (Lipinski definition) is 6. The Morgan fingerprint density at radius 1 is 1.04 bits per heavy atom. The van der Waals surface area contributed by atoms with Crippen molar-refractivity contribution in [1.29, 1.82) is 0 Å². The molecule has 1 atom stereocenters. The zero-order chi connectivity index (χ0) is 18.7. The van der Waals surface area contributed by atoms with E-state index in [1.54, 1.807) is 0 Å². The summed E-state index contributed by atoms with van der Waals surface area (Å²) in [5, 5.41) is -5.16. The normalized spacial score (nSPS) is 35.2. The maximum atomic E-state index is 13.5. The third-order valence-corrected chi connectivity index (χ3v) is 7.87. The molecule has 4 aliphatic carbocycles. The van der Waals surface area contributed by atoms with Gasteiger partial charge < -0.3 is 4.55 Å². The van der Waals surface area contributed by atoms with Gasteiger partial charge in [-0.2, -0.15) is 17.2 Å². The van der Waals surface area contributed by atoms with E-state index in [0.717, 1.165) is 19.3 Å². The fourth-order valence-corrected chi connectivity index (χ4v) is 6.77. The van der Waals surface area contributed by atoms with Gasteiger partial charge >= 0.3 is 34.8 Å². The first-order valence-electron chi connectivity index (χ1n) is 8.22. The Kier molecular flexibility index (Phi) is 6.57. The smallest absolute Gasteiger partial charge is 0.743 e. The van der Waals surface area contributed by atoms with Crippen LogP contribution in [0.5, 0.6) is 0 Å². The Morgan fingerprint density at radius 3 is 1.85 bits per heavy atom. The van der Waals surface area contributed by atoms with Crippen molar-refractivity contribution in [3.05, 3.63) is 0 Å². The molecular formula is C14H20F3NaO6S2. The van der Waals surface area contributed by atoms with Gasteiger partial charge in [-0.15, -0.1) is 0 Å². The van der Waals surface area contributed by atoms with Crippen LogP contribution in [0.3, 0.4) is 0 Å². The van der Waals surface area contributed by atoms with Crippen molar-refractivity contribution in [3.63, 3.8) is 0 Å². The fourth-order valence-electron chi connectivity index (χ4n) is 5.02. The second kappa shape index (κ2) is 7.46. The van der Waals surface area contributed by atoms with Gasteiger partial charge in [0, 0.05) is 6.42 Å². The molecule has 4 saturated carbocycles. The second-order valence-corrected chi connectivity index (χ2v) is 10.9. The van der Waals surface area contributed by atoms with Gasteiger partial charge in [0.25, 0.3) is 10.1 Å². The Morgan fingerprint density at radius 2 is 1.46 bits per heavy atom. The summed E-state index contributed by atoms with van der Waals surface area (Å²) in [7, 11) is -10.5. The molecule has 0 spiro atoms. The number of hydrogen-bond donors (Lipinski definition) is 0. The molecule has 0 aromatic heterocycles. The van der Waals surface area contributed by atoms with Gasteiger partial charge in [-0.3, -0.25) is 4.18 Å². The quantitative estimate of drug-likeness (QED) is 0.298. The van der Waals surface area contributed by atoms with Crippen molar-refractivity contribution in [2.75, 3.05) is 5.75 Å². The predicted octanol–water partition coefficient (Wildman–Crippen LogP) is -0.828. The van der Waals surface area contributed by atoms with Crippen LogP contribution >= 0.6 is 0 Å². The van der Waals surface area contributed by atoms with Crippen LogP contribution in [-0.2, 0) is 24.4 Å². The van der Waals surface area contributed by atoms with E-state index in [1.807, 2.05) is 0 Å². The van der Waals surface area contributed by atoms with E-state index in [-0.39, 0.29) is 29.6 Å². The van der Waals surface area contributed by atoms with Gasteiger partial charge in [-0.25, -0.2) is 12.8 Å². The minimum absolute atomic E-state index is 0. The summed E-state index contributed by atoms with van der Waals surface area (Å²) in [6.45, 7) is 0. The van der Waals surface area contributed by atoms with Crippen molar-refractivity contribution in [2.45, 2.75) is 62.0 Å². The summed E-state index contributed by atoms with van der Waals surface area (Å²) in [4.78, 5) is 0. The molecule has 6 nitrogen and oxygen atoms in total. The molecule has 0 amide bonds. The first kappa shape index (κ1) is 22.9. The second-order valence-electron chi connectivity index (χ2n) is 7.72. The summed E-state index contributed by atoms with van der Waals surface area (Å²) in [5.41, 5.74) is -0.841. The SMILES string of the molecule is O=S(=O)(CCC(F)C(F)(F)S(=O)(=O)[O-])OC12CC3CC(CC(C3)C1)C2.[Na+]. The summed E-state index contributed by atoms with van der Waals surface area (Å²) in [6.07, 6.45) is 0.176. The zero-order valence-corrected chi connectivity index (χ0v) is 18.0. The molecular weight excluding hydrogens is 408 g/mol. The molecule has 1 unspecified atom stereocenters. The van der Waals surface area contributed by atoms with Crippen molar-refractivity contribution in [1.82, 2.24) is 0 Å². The molecule has 4 fully saturated rings. The Labute approximate surface area is 173 Å². The Balaban J connectivity index is 0.00000243. The van der Waals surface area contributed by atoms with Gasteiger partial charge in [-0.05, 0) is 56.3 Å². The average Bonchev–Trinajstić information content (AvgIpc) is 2.40. The first-order valence-corrected chi connectivity index (χ1v) is 11.2. The average molecular weight is 428 g/mol. The molecule has 0 N–H and O–H groups in total. The largest absolute Gasteiger partial charge is 1.00 e. The summed E-state index contributed by atoms with van der Waals surface area (Å²) in [5.74, 6) is 0.0852. The fraction of sp³-hybridized carbons (Fsp3) is 1.00. The van der Waals surface area contributed by atoms with Crippen LogP contribution in [0.4, 0.5) is 13.2 Å². The van der Waals surface area contributed by atoms with Crippen LogP contribution in [0, 0.1) is 17.8 Å².